The van der Waals surface area contributed by atoms with Crippen LogP contribution in [0.1, 0.15) is 22.3 Å². The molecule has 1 aliphatic rings. The van der Waals surface area contributed by atoms with Crippen LogP contribution >= 0.6 is 15.9 Å². The average Bonchev–Trinajstić information content (AvgIpc) is 2.88. The molecule has 0 saturated carbocycles. The van der Waals surface area contributed by atoms with Crippen molar-refractivity contribution in [3.8, 4) is 5.75 Å². The van der Waals surface area contributed by atoms with Crippen molar-refractivity contribution in [1.29, 1.82) is 0 Å². The molecule has 2 aromatic carbocycles. The van der Waals surface area contributed by atoms with Crippen LogP contribution < -0.4 is 4.74 Å². The molecule has 3 nitrogen and oxygen atoms in total. The number of halogens is 1. The van der Waals surface area contributed by atoms with Crippen LogP contribution in [0.4, 0.5) is 0 Å². The van der Waals surface area contributed by atoms with Gasteiger partial charge in [0.05, 0.1) is 17.2 Å². The highest BCUT2D eigenvalue weighted by Gasteiger charge is 2.23. The zero-order valence-corrected chi connectivity index (χ0v) is 15.3. The number of rotatable bonds is 3. The van der Waals surface area contributed by atoms with Crippen LogP contribution in [0.5, 0.6) is 5.75 Å². The third-order valence-electron chi connectivity index (χ3n) is 3.87. The molecule has 0 amide bonds. The lowest BCUT2D eigenvalue weighted by Gasteiger charge is -2.06. The molecule has 0 aliphatic carbocycles. The summed E-state index contributed by atoms with van der Waals surface area (Å²) in [5.41, 5.74) is 4.63. The minimum absolute atomic E-state index is 0.336. The third-order valence-corrected chi connectivity index (χ3v) is 4.49. The van der Waals surface area contributed by atoms with E-state index in [0.717, 1.165) is 26.9 Å². The molecule has 0 N–H and O–H groups in total. The maximum absolute atomic E-state index is 12.2. The minimum atomic E-state index is -0.336. The van der Waals surface area contributed by atoms with Crippen molar-refractivity contribution in [3.63, 3.8) is 0 Å². The Kier molecular flexibility index (Phi) is 4.58. The maximum Gasteiger partial charge on any atom is 0.343 e. The second kappa shape index (κ2) is 6.65. The molecule has 0 spiro atoms. The van der Waals surface area contributed by atoms with Crippen molar-refractivity contribution < 1.29 is 14.3 Å². The molecule has 122 valence electrons. The Morgan fingerprint density at radius 2 is 1.92 bits per heavy atom. The SMILES string of the molecule is COc1ccc(/C=C2\C=C(c3ccc(C)cc3C)OC2=O)cc1Br. The van der Waals surface area contributed by atoms with Crippen molar-refractivity contribution in [2.24, 2.45) is 0 Å². The quantitative estimate of drug-likeness (QED) is 0.548. The summed E-state index contributed by atoms with van der Waals surface area (Å²) in [6, 6.07) is 11.7. The van der Waals surface area contributed by atoms with Crippen LogP contribution in [-0.2, 0) is 9.53 Å². The van der Waals surface area contributed by atoms with Gasteiger partial charge in [-0.2, -0.15) is 0 Å². The van der Waals surface area contributed by atoms with E-state index in [0.29, 0.717) is 11.3 Å². The Hall–Kier alpha value is -2.33. The molecule has 0 aromatic heterocycles. The van der Waals surface area contributed by atoms with Crippen LogP contribution in [0.25, 0.3) is 11.8 Å². The number of methoxy groups -OCH3 is 1. The highest BCUT2D eigenvalue weighted by Crippen LogP contribution is 2.31. The summed E-state index contributed by atoms with van der Waals surface area (Å²) in [5.74, 6) is 1.01. The topological polar surface area (TPSA) is 35.5 Å². The van der Waals surface area contributed by atoms with E-state index in [1.807, 2.05) is 50.3 Å². The summed E-state index contributed by atoms with van der Waals surface area (Å²) >= 11 is 3.45. The van der Waals surface area contributed by atoms with Crippen molar-refractivity contribution in [2.45, 2.75) is 13.8 Å². The molecular formula is C20H17BrO3. The zero-order valence-electron chi connectivity index (χ0n) is 13.7. The highest BCUT2D eigenvalue weighted by molar-refractivity contribution is 9.10. The smallest absolute Gasteiger partial charge is 0.343 e. The molecule has 2 aromatic rings. The summed E-state index contributed by atoms with van der Waals surface area (Å²) < 4.78 is 11.5. The van der Waals surface area contributed by atoms with Gasteiger partial charge in [0, 0.05) is 5.56 Å². The van der Waals surface area contributed by atoms with Crippen molar-refractivity contribution in [3.05, 3.63) is 74.8 Å². The van der Waals surface area contributed by atoms with Crippen molar-refractivity contribution in [1.82, 2.24) is 0 Å². The van der Waals surface area contributed by atoms with Gasteiger partial charge in [-0.25, -0.2) is 4.79 Å². The van der Waals surface area contributed by atoms with Gasteiger partial charge in [0.15, 0.2) is 0 Å². The van der Waals surface area contributed by atoms with Crippen LogP contribution in [-0.4, -0.2) is 13.1 Å². The van der Waals surface area contributed by atoms with Gasteiger partial charge in [0.1, 0.15) is 11.5 Å². The summed E-state index contributed by atoms with van der Waals surface area (Å²) in [4.78, 5) is 12.2. The summed E-state index contributed by atoms with van der Waals surface area (Å²) in [7, 11) is 1.62. The lowest BCUT2D eigenvalue weighted by Crippen LogP contribution is -1.98. The van der Waals surface area contributed by atoms with Gasteiger partial charge in [-0.15, -0.1) is 0 Å². The Morgan fingerprint density at radius 1 is 1.12 bits per heavy atom. The Bertz CT molecular complexity index is 878. The van der Waals surface area contributed by atoms with Crippen molar-refractivity contribution in [2.75, 3.05) is 7.11 Å². The molecule has 0 saturated heterocycles. The number of hydrogen-bond acceptors (Lipinski definition) is 3. The maximum atomic E-state index is 12.2. The first kappa shape index (κ1) is 16.5. The molecule has 0 unspecified atom stereocenters. The first-order valence-corrected chi connectivity index (χ1v) is 8.34. The summed E-state index contributed by atoms with van der Waals surface area (Å²) in [6.07, 6.45) is 3.60. The summed E-state index contributed by atoms with van der Waals surface area (Å²) in [5, 5.41) is 0. The second-order valence-electron chi connectivity index (χ2n) is 5.71. The van der Waals surface area contributed by atoms with E-state index in [9.17, 15) is 4.79 Å². The van der Waals surface area contributed by atoms with Gasteiger partial charge in [-0.05, 0) is 65.2 Å². The fourth-order valence-corrected chi connectivity index (χ4v) is 3.22. The van der Waals surface area contributed by atoms with Crippen molar-refractivity contribution >= 4 is 33.7 Å². The zero-order chi connectivity index (χ0) is 17.3. The minimum Gasteiger partial charge on any atom is -0.496 e. The number of hydrogen-bond donors (Lipinski definition) is 0. The molecule has 24 heavy (non-hydrogen) atoms. The van der Waals surface area contributed by atoms with Gasteiger partial charge in [-0.3, -0.25) is 0 Å². The van der Waals surface area contributed by atoms with Crippen LogP contribution in [0, 0.1) is 13.8 Å². The van der Waals surface area contributed by atoms with E-state index in [1.54, 1.807) is 13.2 Å². The predicted octanol–water partition coefficient (Wildman–Crippen LogP) is 5.06. The lowest BCUT2D eigenvalue weighted by atomic mass is 10.0. The lowest BCUT2D eigenvalue weighted by molar-refractivity contribution is -0.130. The molecule has 3 rings (SSSR count). The molecule has 0 atom stereocenters. The van der Waals surface area contributed by atoms with E-state index >= 15 is 0 Å². The Labute approximate surface area is 149 Å². The molecule has 0 fully saturated rings. The molecule has 0 radical (unpaired) electrons. The Morgan fingerprint density at radius 3 is 2.58 bits per heavy atom. The largest absolute Gasteiger partial charge is 0.496 e. The fraction of sp³-hybridized carbons (Fsp3) is 0.150. The van der Waals surface area contributed by atoms with Crippen LogP contribution in [0.2, 0.25) is 0 Å². The third kappa shape index (κ3) is 3.29. The van der Waals surface area contributed by atoms with E-state index in [1.165, 1.54) is 5.56 Å². The van der Waals surface area contributed by atoms with Gasteiger partial charge in [0.2, 0.25) is 0 Å². The number of carbonyl (C=O) groups excluding carboxylic acids is 1. The number of carbonyl (C=O) groups is 1. The monoisotopic (exact) mass is 384 g/mol. The number of ether oxygens (including phenoxy) is 2. The first-order chi connectivity index (χ1) is 11.5. The molecule has 0 bridgehead atoms. The van der Waals surface area contributed by atoms with E-state index in [-0.39, 0.29) is 5.97 Å². The average molecular weight is 385 g/mol. The number of aryl methyl sites for hydroxylation is 2. The van der Waals surface area contributed by atoms with Gasteiger partial charge in [0.25, 0.3) is 0 Å². The standard InChI is InChI=1S/C20H17BrO3/c1-12-4-6-16(13(2)8-12)19-11-15(20(22)24-19)9-14-5-7-18(23-3)17(21)10-14/h4-11H,1-3H3/b15-9+. The number of benzene rings is 2. The first-order valence-electron chi connectivity index (χ1n) is 7.54. The number of cyclic esters (lactones) is 1. The molecule has 1 aliphatic heterocycles. The van der Waals surface area contributed by atoms with Crippen LogP contribution in [0.3, 0.4) is 0 Å². The number of esters is 1. The van der Waals surface area contributed by atoms with Gasteiger partial charge < -0.3 is 9.47 Å². The normalized spacial score (nSPS) is 15.4. The molecular weight excluding hydrogens is 368 g/mol. The summed E-state index contributed by atoms with van der Waals surface area (Å²) in [6.45, 7) is 4.05. The van der Waals surface area contributed by atoms with E-state index < -0.39 is 0 Å². The fourth-order valence-electron chi connectivity index (χ4n) is 2.66. The van der Waals surface area contributed by atoms with E-state index in [2.05, 4.69) is 22.0 Å². The van der Waals surface area contributed by atoms with Gasteiger partial charge >= 0.3 is 5.97 Å². The van der Waals surface area contributed by atoms with Crippen LogP contribution in [0.15, 0.2) is 52.5 Å². The predicted molar refractivity (Wildman–Crippen MR) is 98.7 cm³/mol. The van der Waals surface area contributed by atoms with Gasteiger partial charge in [-0.1, -0.05) is 29.8 Å². The molecule has 1 heterocycles. The van der Waals surface area contributed by atoms with E-state index in [4.69, 9.17) is 9.47 Å². The Balaban J connectivity index is 1.95. The highest BCUT2D eigenvalue weighted by atomic mass is 79.9. The molecule has 4 heteroatoms. The second-order valence-corrected chi connectivity index (χ2v) is 6.56.